The van der Waals surface area contributed by atoms with Crippen molar-refractivity contribution in [3.05, 3.63) is 77.2 Å². The number of carbonyl (C=O) groups is 2. The number of hydrogen-bond donors (Lipinski definition) is 0. The van der Waals surface area contributed by atoms with Crippen LogP contribution < -0.4 is 4.90 Å². The highest BCUT2D eigenvalue weighted by atomic mass is 19.1. The van der Waals surface area contributed by atoms with Gasteiger partial charge in [0, 0.05) is 18.3 Å². The predicted molar refractivity (Wildman–Crippen MR) is 106 cm³/mol. The number of amides is 3. The van der Waals surface area contributed by atoms with Crippen LogP contribution in [0.1, 0.15) is 24.0 Å². The van der Waals surface area contributed by atoms with Gasteiger partial charge in [-0.25, -0.2) is 14.1 Å². The van der Waals surface area contributed by atoms with E-state index in [1.165, 1.54) is 18.3 Å². The molecular formula is C22H18FN3O2. The average molecular weight is 375 g/mol. The maximum Gasteiger partial charge on any atom is 0.355 e. The lowest BCUT2D eigenvalue weighted by molar-refractivity contribution is -0.114. The monoisotopic (exact) mass is 375 g/mol. The van der Waals surface area contributed by atoms with Crippen LogP contribution in [0, 0.1) is 12.7 Å². The van der Waals surface area contributed by atoms with Crippen molar-refractivity contribution in [2.45, 2.75) is 26.2 Å². The highest BCUT2D eigenvalue weighted by Crippen LogP contribution is 2.26. The number of carbonyl (C=O) groups excluding carboxylic acids is 2. The number of fused-ring (bicyclic) bond motifs is 1. The highest BCUT2D eigenvalue weighted by Gasteiger charge is 2.35. The molecule has 0 spiro atoms. The van der Waals surface area contributed by atoms with Crippen molar-refractivity contribution < 1.29 is 14.0 Å². The lowest BCUT2D eigenvalue weighted by atomic mass is 9.96. The van der Waals surface area contributed by atoms with E-state index in [0.717, 1.165) is 21.7 Å². The van der Waals surface area contributed by atoms with Gasteiger partial charge in [-0.1, -0.05) is 24.3 Å². The quantitative estimate of drug-likeness (QED) is 0.795. The Morgan fingerprint density at radius 3 is 2.61 bits per heavy atom. The number of aryl methyl sites for hydroxylation is 2. The van der Waals surface area contributed by atoms with Gasteiger partial charge >= 0.3 is 6.03 Å². The van der Waals surface area contributed by atoms with Gasteiger partial charge in [0.2, 0.25) is 0 Å². The molecule has 2 heterocycles. The maximum atomic E-state index is 13.0. The molecule has 2 aliphatic rings. The third-order valence-corrected chi connectivity index (χ3v) is 4.79. The Labute approximate surface area is 161 Å². The van der Waals surface area contributed by atoms with Crippen molar-refractivity contribution in [3.8, 4) is 0 Å². The second kappa shape index (κ2) is 7.31. The molecule has 5 nitrogen and oxygen atoms in total. The Hall–Kier alpha value is -3.41. The first kappa shape index (κ1) is 18.0. The Morgan fingerprint density at radius 1 is 1.07 bits per heavy atom. The molecule has 0 N–H and O–H groups in total. The van der Waals surface area contributed by atoms with E-state index in [9.17, 15) is 14.0 Å². The molecule has 0 saturated heterocycles. The number of halogens is 1. The first-order valence-electron chi connectivity index (χ1n) is 9.04. The minimum absolute atomic E-state index is 0.266. The van der Waals surface area contributed by atoms with Gasteiger partial charge in [0.15, 0.2) is 0 Å². The summed E-state index contributed by atoms with van der Waals surface area (Å²) in [6.07, 6.45) is 3.22. The SMILES string of the molecule is Cc1cccc(N2C(=O)N=C3CC(CCc4ccc(F)cc4)=NC=C3C2=O)c1. The van der Waals surface area contributed by atoms with Crippen LogP contribution in [0.15, 0.2) is 70.3 Å². The molecule has 140 valence electrons. The molecule has 0 unspecified atom stereocenters. The van der Waals surface area contributed by atoms with E-state index in [0.29, 0.717) is 36.2 Å². The first-order chi connectivity index (χ1) is 13.5. The van der Waals surface area contributed by atoms with Gasteiger partial charge in [-0.05, 0) is 55.2 Å². The van der Waals surface area contributed by atoms with E-state index in [4.69, 9.17) is 0 Å². The van der Waals surface area contributed by atoms with Gasteiger partial charge in [-0.3, -0.25) is 9.79 Å². The fraction of sp³-hybridized carbons (Fsp3) is 0.182. The maximum absolute atomic E-state index is 13.0. The van der Waals surface area contributed by atoms with E-state index in [1.54, 1.807) is 30.3 Å². The van der Waals surface area contributed by atoms with E-state index < -0.39 is 11.9 Å². The molecule has 0 aliphatic carbocycles. The zero-order chi connectivity index (χ0) is 19.7. The van der Waals surface area contributed by atoms with Crippen molar-refractivity contribution in [2.75, 3.05) is 4.90 Å². The van der Waals surface area contributed by atoms with E-state index in [1.807, 2.05) is 13.0 Å². The highest BCUT2D eigenvalue weighted by molar-refractivity contribution is 6.40. The van der Waals surface area contributed by atoms with Crippen molar-refractivity contribution >= 4 is 29.0 Å². The smallest absolute Gasteiger partial charge is 0.268 e. The van der Waals surface area contributed by atoms with Crippen LogP contribution in [0.25, 0.3) is 0 Å². The summed E-state index contributed by atoms with van der Waals surface area (Å²) in [5, 5.41) is 0. The summed E-state index contributed by atoms with van der Waals surface area (Å²) in [6.45, 7) is 1.90. The van der Waals surface area contributed by atoms with Crippen LogP contribution in [-0.2, 0) is 11.2 Å². The number of rotatable bonds is 4. The molecular weight excluding hydrogens is 357 g/mol. The van der Waals surface area contributed by atoms with E-state index >= 15 is 0 Å². The molecule has 2 aliphatic heterocycles. The van der Waals surface area contributed by atoms with Crippen LogP contribution in [0.3, 0.4) is 0 Å². The summed E-state index contributed by atoms with van der Waals surface area (Å²) in [5.41, 5.74) is 4.12. The number of hydrogen-bond acceptors (Lipinski definition) is 3. The van der Waals surface area contributed by atoms with Gasteiger partial charge in [0.1, 0.15) is 5.82 Å². The Morgan fingerprint density at radius 2 is 1.86 bits per heavy atom. The second-order valence-corrected chi connectivity index (χ2v) is 6.86. The molecule has 0 fully saturated rings. The average Bonchev–Trinajstić information content (AvgIpc) is 2.67. The molecule has 0 radical (unpaired) electrons. The van der Waals surface area contributed by atoms with Gasteiger partial charge < -0.3 is 0 Å². The summed E-state index contributed by atoms with van der Waals surface area (Å²) in [4.78, 5) is 35.0. The second-order valence-electron chi connectivity index (χ2n) is 6.86. The number of aliphatic imine (C=N–C) groups is 2. The third-order valence-electron chi connectivity index (χ3n) is 4.79. The summed E-state index contributed by atoms with van der Waals surface area (Å²) in [6, 6.07) is 12.9. The van der Waals surface area contributed by atoms with E-state index in [2.05, 4.69) is 9.98 Å². The molecule has 0 saturated carbocycles. The topological polar surface area (TPSA) is 62.1 Å². The predicted octanol–water partition coefficient (Wildman–Crippen LogP) is 4.40. The largest absolute Gasteiger partial charge is 0.355 e. The zero-order valence-corrected chi connectivity index (χ0v) is 15.4. The number of anilines is 1. The van der Waals surface area contributed by atoms with Gasteiger partial charge in [-0.15, -0.1) is 0 Å². The van der Waals surface area contributed by atoms with Gasteiger partial charge in [-0.2, -0.15) is 4.99 Å². The van der Waals surface area contributed by atoms with Crippen LogP contribution in [0.2, 0.25) is 0 Å². The molecule has 0 bridgehead atoms. The molecule has 2 aromatic carbocycles. The molecule has 2 aromatic rings. The number of nitrogens with zero attached hydrogens (tertiary/aromatic N) is 3. The molecule has 6 heteroatoms. The summed E-state index contributed by atoms with van der Waals surface area (Å²) < 4.78 is 13.0. The Balaban J connectivity index is 1.54. The van der Waals surface area contributed by atoms with Crippen LogP contribution >= 0.6 is 0 Å². The molecule has 28 heavy (non-hydrogen) atoms. The first-order valence-corrected chi connectivity index (χ1v) is 9.04. The van der Waals surface area contributed by atoms with Crippen molar-refractivity contribution in [1.82, 2.24) is 0 Å². The van der Waals surface area contributed by atoms with Crippen molar-refractivity contribution in [1.29, 1.82) is 0 Å². The molecule has 0 atom stereocenters. The minimum atomic E-state index is -0.581. The molecule has 3 amide bonds. The fourth-order valence-electron chi connectivity index (χ4n) is 3.30. The number of imide groups is 1. The number of urea groups is 1. The molecule has 0 aromatic heterocycles. The van der Waals surface area contributed by atoms with Crippen molar-refractivity contribution in [3.63, 3.8) is 0 Å². The lowest BCUT2D eigenvalue weighted by Crippen LogP contribution is -2.43. The van der Waals surface area contributed by atoms with Gasteiger partial charge in [0.25, 0.3) is 5.91 Å². The fourth-order valence-corrected chi connectivity index (χ4v) is 3.30. The lowest BCUT2D eigenvalue weighted by Gasteiger charge is -2.27. The van der Waals surface area contributed by atoms with Crippen LogP contribution in [0.5, 0.6) is 0 Å². The standard InChI is InChI=1S/C22H18FN3O2/c1-14-3-2-4-18(11-14)26-21(27)19-13-24-17(12-20(19)25-22(26)28)10-7-15-5-8-16(23)9-6-15/h2-6,8-9,11,13H,7,10,12H2,1H3. The summed E-state index contributed by atoms with van der Waals surface area (Å²) >= 11 is 0. The molecule has 4 rings (SSSR count). The van der Waals surface area contributed by atoms with Gasteiger partial charge in [0.05, 0.1) is 17.0 Å². The van der Waals surface area contributed by atoms with Crippen LogP contribution in [-0.4, -0.2) is 23.4 Å². The minimum Gasteiger partial charge on any atom is -0.268 e. The normalized spacial score (nSPS) is 16.4. The van der Waals surface area contributed by atoms with Crippen molar-refractivity contribution in [2.24, 2.45) is 9.98 Å². The summed E-state index contributed by atoms with van der Waals surface area (Å²) in [7, 11) is 0. The Bertz CT molecular complexity index is 1050. The number of benzene rings is 2. The zero-order valence-electron chi connectivity index (χ0n) is 15.4. The third kappa shape index (κ3) is 3.53. The summed E-state index contributed by atoms with van der Waals surface area (Å²) in [5.74, 6) is -0.667. The van der Waals surface area contributed by atoms with E-state index in [-0.39, 0.29) is 5.82 Å². The Kier molecular flexibility index (Phi) is 4.69. The van der Waals surface area contributed by atoms with Crippen LogP contribution in [0.4, 0.5) is 14.9 Å².